The molecule has 0 N–H and O–H groups in total. The van der Waals surface area contributed by atoms with E-state index in [1.165, 1.54) is 0 Å². The Labute approximate surface area is 135 Å². The van der Waals surface area contributed by atoms with Crippen molar-refractivity contribution in [2.75, 3.05) is 0 Å². The van der Waals surface area contributed by atoms with E-state index in [0.717, 1.165) is 16.3 Å². The molecule has 2 aromatic rings. The zero-order chi connectivity index (χ0) is 16.2. The highest BCUT2D eigenvalue weighted by atomic mass is 32.1. The van der Waals surface area contributed by atoms with Crippen LogP contribution in [0.15, 0.2) is 29.9 Å². The van der Waals surface area contributed by atoms with E-state index >= 15 is 0 Å². The number of hydrogen-bond donors (Lipinski definition) is 0. The molecular formula is C17H22N2O2S. The van der Waals surface area contributed by atoms with E-state index < -0.39 is 0 Å². The van der Waals surface area contributed by atoms with E-state index in [1.54, 1.807) is 23.7 Å². The van der Waals surface area contributed by atoms with E-state index in [4.69, 9.17) is 4.74 Å². The van der Waals surface area contributed by atoms with Crippen molar-refractivity contribution < 1.29 is 9.53 Å². The lowest BCUT2D eigenvalue weighted by Gasteiger charge is -2.14. The zero-order valence-electron chi connectivity index (χ0n) is 13.5. The summed E-state index contributed by atoms with van der Waals surface area (Å²) in [4.78, 5) is 20.5. The predicted molar refractivity (Wildman–Crippen MR) is 88.0 cm³/mol. The molecule has 0 aliphatic rings. The van der Waals surface area contributed by atoms with Gasteiger partial charge in [0.05, 0.1) is 17.1 Å². The maximum absolute atomic E-state index is 12.0. The van der Waals surface area contributed by atoms with Crippen LogP contribution >= 0.6 is 11.3 Å². The molecule has 0 aliphatic heterocycles. The molecule has 0 radical (unpaired) electrons. The van der Waals surface area contributed by atoms with Crippen LogP contribution in [0.3, 0.4) is 0 Å². The standard InChI is InChI=1S/C17H22N2O2S/c1-12(9-13-5-7-18-8-6-13)21-15(20)10-14-11-22-16(19-14)17(2,3)4/h5-8,11-12H,9-10H2,1-4H3/t12-/m1/s1. The highest BCUT2D eigenvalue weighted by Gasteiger charge is 2.19. The van der Waals surface area contributed by atoms with Crippen LogP contribution in [0.2, 0.25) is 0 Å². The third kappa shape index (κ3) is 4.91. The first-order valence-corrected chi connectivity index (χ1v) is 8.26. The molecule has 0 fully saturated rings. The van der Waals surface area contributed by atoms with E-state index in [-0.39, 0.29) is 23.9 Å². The second kappa shape index (κ2) is 7.01. The second-order valence-electron chi connectivity index (χ2n) is 6.43. The summed E-state index contributed by atoms with van der Waals surface area (Å²) < 4.78 is 5.46. The fourth-order valence-corrected chi connectivity index (χ4v) is 2.95. The number of esters is 1. The summed E-state index contributed by atoms with van der Waals surface area (Å²) in [6, 6.07) is 3.86. The third-order valence-electron chi connectivity index (χ3n) is 3.12. The monoisotopic (exact) mass is 318 g/mol. The van der Waals surface area contributed by atoms with Gasteiger partial charge in [0.25, 0.3) is 0 Å². The Balaban J connectivity index is 1.86. The van der Waals surface area contributed by atoms with Gasteiger partial charge in [0, 0.05) is 29.6 Å². The number of pyridine rings is 1. The van der Waals surface area contributed by atoms with E-state index in [0.29, 0.717) is 6.42 Å². The molecule has 5 heteroatoms. The molecule has 0 bridgehead atoms. The molecule has 118 valence electrons. The molecule has 2 heterocycles. The van der Waals surface area contributed by atoms with Gasteiger partial charge in [-0.3, -0.25) is 9.78 Å². The van der Waals surface area contributed by atoms with Gasteiger partial charge in [-0.15, -0.1) is 11.3 Å². The summed E-state index contributed by atoms with van der Waals surface area (Å²) in [6.45, 7) is 8.25. The minimum Gasteiger partial charge on any atom is -0.462 e. The topological polar surface area (TPSA) is 52.1 Å². The van der Waals surface area contributed by atoms with Crippen molar-refractivity contribution in [2.45, 2.75) is 52.1 Å². The Bertz CT molecular complexity index is 617. The van der Waals surface area contributed by atoms with Crippen molar-refractivity contribution in [3.63, 3.8) is 0 Å². The van der Waals surface area contributed by atoms with Gasteiger partial charge in [0.15, 0.2) is 0 Å². The Kier molecular flexibility index (Phi) is 5.29. The largest absolute Gasteiger partial charge is 0.462 e. The Morgan fingerprint density at radius 1 is 1.32 bits per heavy atom. The molecule has 0 saturated carbocycles. The molecule has 4 nitrogen and oxygen atoms in total. The van der Waals surface area contributed by atoms with Gasteiger partial charge in [0.2, 0.25) is 0 Å². The molecule has 0 saturated heterocycles. The van der Waals surface area contributed by atoms with Crippen molar-refractivity contribution in [1.29, 1.82) is 0 Å². The SMILES string of the molecule is C[C@H](Cc1ccncc1)OC(=O)Cc1csc(C(C)(C)C)n1. The van der Waals surface area contributed by atoms with Gasteiger partial charge in [-0.25, -0.2) is 4.98 Å². The number of ether oxygens (including phenoxy) is 1. The summed E-state index contributed by atoms with van der Waals surface area (Å²) in [5, 5.41) is 2.98. The number of carbonyl (C=O) groups excluding carboxylic acids is 1. The van der Waals surface area contributed by atoms with E-state index in [9.17, 15) is 4.79 Å². The smallest absolute Gasteiger partial charge is 0.312 e. The van der Waals surface area contributed by atoms with Crippen LogP contribution in [0.25, 0.3) is 0 Å². The minimum absolute atomic E-state index is 0.0153. The van der Waals surface area contributed by atoms with Gasteiger partial charge in [-0.2, -0.15) is 0 Å². The lowest BCUT2D eigenvalue weighted by Crippen LogP contribution is -2.19. The predicted octanol–water partition coefficient (Wildman–Crippen LogP) is 3.55. The maximum Gasteiger partial charge on any atom is 0.312 e. The fraction of sp³-hybridized carbons (Fsp3) is 0.471. The molecular weight excluding hydrogens is 296 g/mol. The number of nitrogens with zero attached hydrogens (tertiary/aromatic N) is 2. The Morgan fingerprint density at radius 3 is 2.59 bits per heavy atom. The van der Waals surface area contributed by atoms with E-state index in [1.807, 2.05) is 24.4 Å². The normalized spacial score (nSPS) is 12.9. The van der Waals surface area contributed by atoms with Gasteiger partial charge in [-0.05, 0) is 24.6 Å². The summed E-state index contributed by atoms with van der Waals surface area (Å²) >= 11 is 1.59. The summed E-state index contributed by atoms with van der Waals surface area (Å²) in [5.74, 6) is -0.229. The average molecular weight is 318 g/mol. The van der Waals surface area contributed by atoms with Crippen LogP contribution in [0.5, 0.6) is 0 Å². The van der Waals surface area contributed by atoms with E-state index in [2.05, 4.69) is 30.7 Å². The summed E-state index contributed by atoms with van der Waals surface area (Å²) in [5.41, 5.74) is 1.91. The summed E-state index contributed by atoms with van der Waals surface area (Å²) in [7, 11) is 0. The number of thiazole rings is 1. The second-order valence-corrected chi connectivity index (χ2v) is 7.29. The first kappa shape index (κ1) is 16.6. The first-order valence-electron chi connectivity index (χ1n) is 7.38. The van der Waals surface area contributed by atoms with Crippen LogP contribution in [-0.4, -0.2) is 22.0 Å². The molecule has 0 spiro atoms. The average Bonchev–Trinajstić information content (AvgIpc) is 2.87. The molecule has 0 amide bonds. The molecule has 0 unspecified atom stereocenters. The zero-order valence-corrected chi connectivity index (χ0v) is 14.3. The molecule has 1 atom stereocenters. The third-order valence-corrected chi connectivity index (χ3v) is 4.44. The minimum atomic E-state index is -0.229. The van der Waals surface area contributed by atoms with Gasteiger partial charge in [-0.1, -0.05) is 20.8 Å². The fourth-order valence-electron chi connectivity index (χ4n) is 2.04. The van der Waals surface area contributed by atoms with Crippen molar-refractivity contribution in [3.05, 3.63) is 46.2 Å². The van der Waals surface area contributed by atoms with Crippen LogP contribution in [0.4, 0.5) is 0 Å². The van der Waals surface area contributed by atoms with Gasteiger partial charge >= 0.3 is 5.97 Å². The molecule has 0 aromatic carbocycles. The lowest BCUT2D eigenvalue weighted by atomic mass is 9.98. The van der Waals surface area contributed by atoms with Crippen molar-refractivity contribution >= 4 is 17.3 Å². The number of carbonyl (C=O) groups is 1. The number of aromatic nitrogens is 2. The molecule has 0 aliphatic carbocycles. The van der Waals surface area contributed by atoms with Gasteiger partial charge in [0.1, 0.15) is 6.10 Å². The first-order chi connectivity index (χ1) is 10.3. The number of hydrogen-bond acceptors (Lipinski definition) is 5. The summed E-state index contributed by atoms with van der Waals surface area (Å²) in [6.07, 6.45) is 4.25. The van der Waals surface area contributed by atoms with Crippen LogP contribution in [0.1, 0.15) is 44.0 Å². The van der Waals surface area contributed by atoms with Crippen molar-refractivity contribution in [3.8, 4) is 0 Å². The highest BCUT2D eigenvalue weighted by molar-refractivity contribution is 7.09. The molecule has 22 heavy (non-hydrogen) atoms. The maximum atomic E-state index is 12.0. The highest BCUT2D eigenvalue weighted by Crippen LogP contribution is 2.25. The van der Waals surface area contributed by atoms with Gasteiger partial charge < -0.3 is 4.74 Å². The Morgan fingerprint density at radius 2 is 2.00 bits per heavy atom. The van der Waals surface area contributed by atoms with Crippen molar-refractivity contribution in [2.24, 2.45) is 0 Å². The Hall–Kier alpha value is -1.75. The number of rotatable bonds is 5. The quantitative estimate of drug-likeness (QED) is 0.791. The van der Waals surface area contributed by atoms with Crippen LogP contribution < -0.4 is 0 Å². The van der Waals surface area contributed by atoms with Crippen LogP contribution in [-0.2, 0) is 27.8 Å². The lowest BCUT2D eigenvalue weighted by molar-refractivity contribution is -0.147. The molecule has 2 rings (SSSR count). The van der Waals surface area contributed by atoms with Crippen LogP contribution in [0, 0.1) is 0 Å². The molecule has 2 aromatic heterocycles. The van der Waals surface area contributed by atoms with Crippen molar-refractivity contribution in [1.82, 2.24) is 9.97 Å².